The fraction of sp³-hybridized carbons (Fsp3) is 0.750. The van der Waals surface area contributed by atoms with Crippen LogP contribution < -0.4 is 5.32 Å². The lowest BCUT2D eigenvalue weighted by Gasteiger charge is -2.21. The minimum absolute atomic E-state index is 0.286. The van der Waals surface area contributed by atoms with Crippen LogP contribution in [0.2, 0.25) is 25.7 Å². The number of carbonyl (C=O) groups is 2. The Morgan fingerprint density at radius 3 is 2.08 bits per heavy atom. The van der Waals surface area contributed by atoms with E-state index in [1.54, 1.807) is 0 Å². The van der Waals surface area contributed by atoms with Crippen LogP contribution in [0.5, 0.6) is 0 Å². The number of aliphatic carboxylic acids is 1. The Balaban J connectivity index is 4.27. The molecule has 0 aromatic carbocycles. The second-order valence-electron chi connectivity index (χ2n) is 4.36. The van der Waals surface area contributed by atoms with Crippen molar-refractivity contribution in [3.63, 3.8) is 0 Å². The van der Waals surface area contributed by atoms with Gasteiger partial charge in [0.15, 0.2) is 0 Å². The lowest BCUT2D eigenvalue weighted by Crippen LogP contribution is -2.44. The van der Waals surface area contributed by atoms with Gasteiger partial charge in [0.25, 0.3) is 0 Å². The number of carbonyl (C=O) groups excluding carboxylic acids is 1. The van der Waals surface area contributed by atoms with Gasteiger partial charge in [0.2, 0.25) is 5.91 Å². The highest BCUT2D eigenvalue weighted by Crippen LogP contribution is 2.11. The Morgan fingerprint density at radius 1 is 1.38 bits per heavy atom. The Kier molecular flexibility index (Phi) is 4.12. The van der Waals surface area contributed by atoms with Crippen LogP contribution in [0.3, 0.4) is 0 Å². The third kappa shape index (κ3) is 6.33. The minimum Gasteiger partial charge on any atom is -0.480 e. The molecule has 0 radical (unpaired) electrons. The first kappa shape index (κ1) is 12.2. The van der Waals surface area contributed by atoms with Gasteiger partial charge in [-0.15, -0.1) is 0 Å². The van der Waals surface area contributed by atoms with Crippen LogP contribution in [0.25, 0.3) is 0 Å². The summed E-state index contributed by atoms with van der Waals surface area (Å²) in [7, 11) is -1.45. The molecule has 0 saturated carbocycles. The summed E-state index contributed by atoms with van der Waals surface area (Å²) >= 11 is 0. The number of amides is 1. The maximum Gasteiger partial charge on any atom is 0.325 e. The number of nitrogens with one attached hydrogen (secondary N) is 1. The highest BCUT2D eigenvalue weighted by Gasteiger charge is 2.26. The van der Waals surface area contributed by atoms with Crippen molar-refractivity contribution in [2.24, 2.45) is 0 Å². The van der Waals surface area contributed by atoms with Crippen molar-refractivity contribution in [2.45, 2.75) is 38.7 Å². The van der Waals surface area contributed by atoms with Crippen LogP contribution in [-0.2, 0) is 9.59 Å². The van der Waals surface area contributed by atoms with E-state index in [9.17, 15) is 9.59 Å². The minimum atomic E-state index is -1.45. The zero-order chi connectivity index (χ0) is 10.6. The molecule has 2 N–H and O–H groups in total. The molecule has 0 spiro atoms. The van der Waals surface area contributed by atoms with Gasteiger partial charge >= 0.3 is 5.97 Å². The van der Waals surface area contributed by atoms with Gasteiger partial charge < -0.3 is 10.4 Å². The van der Waals surface area contributed by atoms with Gasteiger partial charge in [-0.1, -0.05) is 19.6 Å². The molecule has 4 nitrogen and oxygen atoms in total. The summed E-state index contributed by atoms with van der Waals surface area (Å²) in [6.07, 6.45) is 0. The zero-order valence-corrected chi connectivity index (χ0v) is 9.55. The molecule has 0 fully saturated rings. The molecule has 0 aliphatic carbocycles. The summed E-state index contributed by atoms with van der Waals surface area (Å²) in [5.74, 6) is -1.23. The Hall–Kier alpha value is -0.843. The molecule has 13 heavy (non-hydrogen) atoms. The highest BCUT2D eigenvalue weighted by molar-refractivity contribution is 6.76. The number of carboxylic acid groups (broad SMARTS) is 1. The SMILES string of the molecule is CC(=O)NC(C[Si](C)(C)C)C(=O)O. The molecule has 1 atom stereocenters. The van der Waals surface area contributed by atoms with Crippen LogP contribution in [0, 0.1) is 0 Å². The van der Waals surface area contributed by atoms with Crippen LogP contribution >= 0.6 is 0 Å². The molecule has 0 saturated heterocycles. The van der Waals surface area contributed by atoms with E-state index in [0.29, 0.717) is 6.04 Å². The largest absolute Gasteiger partial charge is 0.480 e. The van der Waals surface area contributed by atoms with Crippen LogP contribution in [-0.4, -0.2) is 31.1 Å². The van der Waals surface area contributed by atoms with E-state index < -0.39 is 20.1 Å². The van der Waals surface area contributed by atoms with Gasteiger partial charge in [-0.3, -0.25) is 9.59 Å². The highest BCUT2D eigenvalue weighted by atomic mass is 28.3. The van der Waals surface area contributed by atoms with Crippen molar-refractivity contribution >= 4 is 20.0 Å². The summed E-state index contributed by atoms with van der Waals surface area (Å²) < 4.78 is 0. The molecule has 0 aromatic heterocycles. The fourth-order valence-corrected chi connectivity index (χ4v) is 2.56. The number of carboxylic acids is 1. The first-order valence-corrected chi connectivity index (χ1v) is 7.93. The fourth-order valence-electron chi connectivity index (χ4n) is 1.06. The predicted octanol–water partition coefficient (Wildman–Crippen LogP) is 0.914. The van der Waals surface area contributed by atoms with E-state index in [-0.39, 0.29) is 5.91 Å². The molecule has 5 heteroatoms. The molecule has 0 bridgehead atoms. The molecular formula is C8H17NO3Si. The van der Waals surface area contributed by atoms with Crippen LogP contribution in [0.15, 0.2) is 0 Å². The van der Waals surface area contributed by atoms with Crippen molar-refractivity contribution in [2.75, 3.05) is 0 Å². The zero-order valence-electron chi connectivity index (χ0n) is 8.55. The lowest BCUT2D eigenvalue weighted by atomic mass is 10.3. The summed E-state index contributed by atoms with van der Waals surface area (Å²) in [5.41, 5.74) is 0. The molecule has 0 heterocycles. The van der Waals surface area contributed by atoms with Gasteiger partial charge in [0.05, 0.1) is 0 Å². The van der Waals surface area contributed by atoms with Gasteiger partial charge in [0, 0.05) is 15.0 Å². The van der Waals surface area contributed by atoms with E-state index in [1.807, 2.05) is 0 Å². The van der Waals surface area contributed by atoms with E-state index in [1.165, 1.54) is 6.92 Å². The molecule has 0 aliphatic rings. The van der Waals surface area contributed by atoms with Crippen molar-refractivity contribution in [1.82, 2.24) is 5.32 Å². The number of hydrogen-bond acceptors (Lipinski definition) is 2. The van der Waals surface area contributed by atoms with Crippen molar-refractivity contribution < 1.29 is 14.7 Å². The Bertz CT molecular complexity index is 210. The second-order valence-corrected chi connectivity index (χ2v) is 9.89. The maximum absolute atomic E-state index is 10.7. The summed E-state index contributed by atoms with van der Waals surface area (Å²) in [5, 5.41) is 11.2. The first-order chi connectivity index (χ1) is 5.72. The Morgan fingerprint density at radius 2 is 1.85 bits per heavy atom. The molecule has 1 amide bonds. The van der Waals surface area contributed by atoms with Gasteiger partial charge in [-0.25, -0.2) is 0 Å². The smallest absolute Gasteiger partial charge is 0.325 e. The van der Waals surface area contributed by atoms with Crippen LogP contribution in [0.1, 0.15) is 6.92 Å². The predicted molar refractivity (Wildman–Crippen MR) is 53.4 cm³/mol. The summed E-state index contributed by atoms with van der Waals surface area (Å²) in [4.78, 5) is 21.4. The topological polar surface area (TPSA) is 66.4 Å². The average molecular weight is 203 g/mol. The van der Waals surface area contributed by atoms with Crippen LogP contribution in [0.4, 0.5) is 0 Å². The van der Waals surface area contributed by atoms with E-state index in [4.69, 9.17) is 5.11 Å². The monoisotopic (exact) mass is 203 g/mol. The molecular weight excluding hydrogens is 186 g/mol. The van der Waals surface area contributed by atoms with Crippen molar-refractivity contribution in [3.05, 3.63) is 0 Å². The maximum atomic E-state index is 10.7. The average Bonchev–Trinajstić information content (AvgIpc) is 1.81. The first-order valence-electron chi connectivity index (χ1n) is 4.22. The Labute approximate surface area is 79.3 Å². The molecule has 0 aromatic rings. The van der Waals surface area contributed by atoms with Gasteiger partial charge in [-0.05, 0) is 6.04 Å². The second kappa shape index (κ2) is 4.41. The van der Waals surface area contributed by atoms with E-state index in [2.05, 4.69) is 25.0 Å². The quantitative estimate of drug-likeness (QED) is 0.667. The van der Waals surface area contributed by atoms with E-state index >= 15 is 0 Å². The number of rotatable bonds is 4. The van der Waals surface area contributed by atoms with Gasteiger partial charge in [-0.2, -0.15) is 0 Å². The standard InChI is InChI=1S/C8H17NO3Si/c1-6(10)9-7(8(11)12)5-13(2,3)4/h7H,5H2,1-4H3,(H,9,10)(H,11,12). The summed E-state index contributed by atoms with van der Waals surface area (Å²) in [6.45, 7) is 7.56. The molecule has 76 valence electrons. The van der Waals surface area contributed by atoms with E-state index in [0.717, 1.165) is 0 Å². The molecule has 0 rings (SSSR count). The number of hydrogen-bond donors (Lipinski definition) is 2. The third-order valence-corrected chi connectivity index (χ3v) is 3.13. The molecule has 0 aliphatic heterocycles. The van der Waals surface area contributed by atoms with Crippen molar-refractivity contribution in [1.29, 1.82) is 0 Å². The molecule has 1 unspecified atom stereocenters. The normalized spacial score (nSPS) is 13.5. The lowest BCUT2D eigenvalue weighted by molar-refractivity contribution is -0.141. The van der Waals surface area contributed by atoms with Gasteiger partial charge in [0.1, 0.15) is 6.04 Å². The van der Waals surface area contributed by atoms with Crippen molar-refractivity contribution in [3.8, 4) is 0 Å². The third-order valence-electron chi connectivity index (χ3n) is 1.49. The summed E-state index contributed by atoms with van der Waals surface area (Å²) in [6, 6.07) is -0.147.